The van der Waals surface area contributed by atoms with Crippen LogP contribution >= 0.6 is 11.6 Å². The summed E-state index contributed by atoms with van der Waals surface area (Å²) >= 11 is 5.56. The van der Waals surface area contributed by atoms with Crippen LogP contribution in [0.15, 0.2) is 41.5 Å². The molecule has 0 heterocycles. The molecule has 0 unspecified atom stereocenters. The molecule has 0 spiro atoms. The van der Waals surface area contributed by atoms with Crippen molar-refractivity contribution in [3.63, 3.8) is 0 Å². The largest absolute Gasteiger partial charge is 0.504 e. The summed E-state index contributed by atoms with van der Waals surface area (Å²) < 4.78 is 69.2. The molecule has 0 radical (unpaired) electrons. The number of anilines is 1. The van der Waals surface area contributed by atoms with Crippen molar-refractivity contribution in [1.82, 2.24) is 5.43 Å². The number of amides is 1. The zero-order chi connectivity index (χ0) is 24.1. The van der Waals surface area contributed by atoms with Crippen LogP contribution in [0.4, 0.5) is 18.9 Å². The Morgan fingerprint density at radius 2 is 1.97 bits per heavy atom. The fourth-order valence-corrected chi connectivity index (χ4v) is 3.59. The summed E-state index contributed by atoms with van der Waals surface area (Å²) in [5, 5.41) is 12.8. The molecule has 0 fully saturated rings. The Morgan fingerprint density at radius 1 is 1.28 bits per heavy atom. The van der Waals surface area contributed by atoms with Gasteiger partial charge in [0.15, 0.2) is 11.5 Å². The van der Waals surface area contributed by atoms with Gasteiger partial charge in [-0.15, -0.1) is 0 Å². The maximum atomic E-state index is 13.1. The van der Waals surface area contributed by atoms with Crippen LogP contribution in [0.25, 0.3) is 0 Å². The van der Waals surface area contributed by atoms with E-state index in [0.29, 0.717) is 22.5 Å². The van der Waals surface area contributed by atoms with E-state index >= 15 is 0 Å². The summed E-state index contributed by atoms with van der Waals surface area (Å²) in [6.45, 7) is 1.22. The molecular weight excluding hydrogens is 475 g/mol. The second-order valence-electron chi connectivity index (χ2n) is 6.38. The molecule has 1 amide bonds. The number of nitrogens with one attached hydrogen (secondary N) is 1. The van der Waals surface area contributed by atoms with Crippen molar-refractivity contribution in [2.45, 2.75) is 13.1 Å². The predicted molar refractivity (Wildman–Crippen MR) is 114 cm³/mol. The van der Waals surface area contributed by atoms with Crippen molar-refractivity contribution in [3.05, 3.63) is 52.5 Å². The van der Waals surface area contributed by atoms with Crippen molar-refractivity contribution >= 4 is 39.4 Å². The van der Waals surface area contributed by atoms with E-state index in [4.69, 9.17) is 16.3 Å². The number of alkyl halides is 3. The summed E-state index contributed by atoms with van der Waals surface area (Å²) in [6, 6.07) is 6.81. The third-order valence-electron chi connectivity index (χ3n) is 3.92. The topological polar surface area (TPSA) is 108 Å². The molecule has 2 rings (SSSR count). The van der Waals surface area contributed by atoms with Gasteiger partial charge in [0.25, 0.3) is 5.91 Å². The van der Waals surface area contributed by atoms with Crippen LogP contribution in [0.1, 0.15) is 18.1 Å². The number of phenols is 1. The minimum Gasteiger partial charge on any atom is -0.504 e. The average molecular weight is 494 g/mol. The molecule has 0 saturated heterocycles. The summed E-state index contributed by atoms with van der Waals surface area (Å²) in [4.78, 5) is 12.2. The van der Waals surface area contributed by atoms with Crippen LogP contribution in [0.5, 0.6) is 11.5 Å². The number of carbonyl (C=O) groups excluding carboxylic acids is 1. The highest BCUT2D eigenvalue weighted by Crippen LogP contribution is 2.37. The molecule has 0 atom stereocenters. The van der Waals surface area contributed by atoms with E-state index in [1.807, 2.05) is 0 Å². The van der Waals surface area contributed by atoms with E-state index in [-0.39, 0.29) is 17.2 Å². The van der Waals surface area contributed by atoms with Crippen LogP contribution in [0.3, 0.4) is 0 Å². The molecule has 0 aliphatic heterocycles. The Hall–Kier alpha value is -2.99. The van der Waals surface area contributed by atoms with Gasteiger partial charge in [-0.3, -0.25) is 9.10 Å². The highest BCUT2D eigenvalue weighted by Gasteiger charge is 2.34. The molecule has 0 aliphatic carbocycles. The standard InChI is InChI=1S/C19H19ClF3N3O5S/c1-3-31-17-8-12(4-7-16(17)27)10-24-25-18(28)11-26(32(2,29)30)13-5-6-15(20)14(9-13)19(21,22)23/h4-10,27H,3,11H2,1-2H3,(H,25,28)/b24-10-. The highest BCUT2D eigenvalue weighted by atomic mass is 35.5. The van der Waals surface area contributed by atoms with Gasteiger partial charge in [-0.25, -0.2) is 13.8 Å². The van der Waals surface area contributed by atoms with Crippen LogP contribution < -0.4 is 14.5 Å². The third kappa shape index (κ3) is 6.76. The molecule has 0 bridgehead atoms. The number of phenolic OH excluding ortho intramolecular Hbond substituents is 1. The Labute approximate surface area is 187 Å². The molecule has 174 valence electrons. The lowest BCUT2D eigenvalue weighted by Gasteiger charge is -2.22. The van der Waals surface area contributed by atoms with Gasteiger partial charge in [0.1, 0.15) is 6.54 Å². The first-order valence-corrected chi connectivity index (χ1v) is 11.2. The zero-order valence-corrected chi connectivity index (χ0v) is 18.4. The van der Waals surface area contributed by atoms with Crippen molar-refractivity contribution in [2.75, 3.05) is 23.7 Å². The summed E-state index contributed by atoms with van der Waals surface area (Å²) in [7, 11) is -4.12. The third-order valence-corrected chi connectivity index (χ3v) is 5.39. The first kappa shape index (κ1) is 25.3. The zero-order valence-electron chi connectivity index (χ0n) is 16.9. The van der Waals surface area contributed by atoms with Gasteiger partial charge in [-0.05, 0) is 48.9 Å². The number of aromatic hydroxyl groups is 1. The molecule has 0 aromatic heterocycles. The number of ether oxygens (including phenoxy) is 1. The second kappa shape index (κ2) is 10.1. The van der Waals surface area contributed by atoms with Crippen LogP contribution in [-0.2, 0) is 21.0 Å². The fourth-order valence-electron chi connectivity index (χ4n) is 2.51. The lowest BCUT2D eigenvalue weighted by atomic mass is 10.2. The predicted octanol–water partition coefficient (Wildman–Crippen LogP) is 3.38. The quantitative estimate of drug-likeness (QED) is 0.433. The van der Waals surface area contributed by atoms with Gasteiger partial charge < -0.3 is 9.84 Å². The molecule has 8 nitrogen and oxygen atoms in total. The number of hydrogen-bond donors (Lipinski definition) is 2. The molecule has 32 heavy (non-hydrogen) atoms. The van der Waals surface area contributed by atoms with E-state index in [2.05, 4.69) is 10.5 Å². The maximum absolute atomic E-state index is 13.1. The lowest BCUT2D eigenvalue weighted by Crippen LogP contribution is -2.39. The molecule has 2 aromatic carbocycles. The number of rotatable bonds is 8. The van der Waals surface area contributed by atoms with Gasteiger partial charge in [-0.1, -0.05) is 11.6 Å². The second-order valence-corrected chi connectivity index (χ2v) is 8.70. The van der Waals surface area contributed by atoms with Crippen molar-refractivity contribution in [2.24, 2.45) is 5.10 Å². The van der Waals surface area contributed by atoms with Crippen molar-refractivity contribution < 1.29 is 36.2 Å². The maximum Gasteiger partial charge on any atom is 0.417 e. The number of halogens is 4. The van der Waals surface area contributed by atoms with Crippen LogP contribution in [-0.4, -0.2) is 45.1 Å². The van der Waals surface area contributed by atoms with Gasteiger partial charge in [0.2, 0.25) is 10.0 Å². The first-order chi connectivity index (χ1) is 14.8. The minimum atomic E-state index is -4.81. The van der Waals surface area contributed by atoms with E-state index in [1.165, 1.54) is 24.4 Å². The van der Waals surface area contributed by atoms with E-state index < -0.39 is 39.2 Å². The van der Waals surface area contributed by atoms with E-state index in [1.54, 1.807) is 6.92 Å². The average Bonchev–Trinajstić information content (AvgIpc) is 2.67. The Balaban J connectivity index is 2.18. The van der Waals surface area contributed by atoms with E-state index in [0.717, 1.165) is 18.4 Å². The molecule has 2 N–H and O–H groups in total. The van der Waals surface area contributed by atoms with Crippen LogP contribution in [0.2, 0.25) is 5.02 Å². The first-order valence-electron chi connectivity index (χ1n) is 8.95. The molecule has 2 aromatic rings. The number of carbonyl (C=O) groups is 1. The lowest BCUT2D eigenvalue weighted by molar-refractivity contribution is -0.137. The summed E-state index contributed by atoms with van der Waals surface area (Å²) in [5.41, 5.74) is 0.935. The summed E-state index contributed by atoms with van der Waals surface area (Å²) in [5.74, 6) is -0.786. The Morgan fingerprint density at radius 3 is 2.56 bits per heavy atom. The normalized spacial score (nSPS) is 12.1. The smallest absolute Gasteiger partial charge is 0.417 e. The van der Waals surface area contributed by atoms with Crippen LogP contribution in [0, 0.1) is 0 Å². The van der Waals surface area contributed by atoms with Gasteiger partial charge in [-0.2, -0.15) is 18.3 Å². The number of hydrazone groups is 1. The van der Waals surface area contributed by atoms with Gasteiger partial charge >= 0.3 is 6.18 Å². The Kier molecular flexibility index (Phi) is 7.97. The summed E-state index contributed by atoms with van der Waals surface area (Å²) in [6.07, 6.45) is -2.85. The van der Waals surface area contributed by atoms with Gasteiger partial charge in [0, 0.05) is 0 Å². The Bertz CT molecular complexity index is 1120. The van der Waals surface area contributed by atoms with Gasteiger partial charge in [0.05, 0.1) is 35.4 Å². The van der Waals surface area contributed by atoms with Crippen molar-refractivity contribution in [3.8, 4) is 11.5 Å². The molecule has 0 aliphatic rings. The number of sulfonamides is 1. The highest BCUT2D eigenvalue weighted by molar-refractivity contribution is 7.92. The number of benzene rings is 2. The molecule has 0 saturated carbocycles. The minimum absolute atomic E-state index is 0.0852. The van der Waals surface area contributed by atoms with E-state index in [9.17, 15) is 31.5 Å². The molecular formula is C19H19ClF3N3O5S. The number of nitrogens with zero attached hydrogens (tertiary/aromatic N) is 2. The molecule has 13 heteroatoms. The fraction of sp³-hybridized carbons (Fsp3) is 0.263. The SMILES string of the molecule is CCOc1cc(/C=N\NC(=O)CN(c2ccc(Cl)c(C(F)(F)F)c2)S(C)(=O)=O)ccc1O. The monoisotopic (exact) mass is 493 g/mol. The number of hydrogen-bond acceptors (Lipinski definition) is 6. The van der Waals surface area contributed by atoms with Crippen molar-refractivity contribution in [1.29, 1.82) is 0 Å².